The minimum atomic E-state index is 0.0450. The molecule has 0 bridgehead atoms. The highest BCUT2D eigenvalue weighted by Gasteiger charge is 2.35. The number of hydrogen-bond donors (Lipinski definition) is 0. The molecule has 0 spiro atoms. The first-order valence-corrected chi connectivity index (χ1v) is 7.72. The van der Waals surface area contributed by atoms with E-state index in [1.54, 1.807) is 0 Å². The van der Waals surface area contributed by atoms with E-state index >= 15 is 0 Å². The third-order valence-corrected chi connectivity index (χ3v) is 4.68. The molecule has 3 unspecified atom stereocenters. The molecule has 0 saturated carbocycles. The molecule has 1 aromatic carbocycles. The average molecular weight is 260 g/mol. The normalized spacial score (nSPS) is 25.8. The molecule has 0 amide bonds. The van der Waals surface area contributed by atoms with Crippen molar-refractivity contribution in [1.29, 1.82) is 0 Å². The summed E-state index contributed by atoms with van der Waals surface area (Å²) in [7, 11) is 0. The molecule has 1 nitrogen and oxygen atoms in total. The molecular weight excluding hydrogens is 232 g/mol. The molecule has 1 aliphatic heterocycles. The van der Waals surface area contributed by atoms with E-state index in [1.165, 1.54) is 24.8 Å². The summed E-state index contributed by atoms with van der Waals surface area (Å²) in [6, 6.07) is 11.1. The van der Waals surface area contributed by atoms with Crippen molar-refractivity contribution in [3.8, 4) is 0 Å². The second kappa shape index (κ2) is 6.09. The van der Waals surface area contributed by atoms with Crippen LogP contribution in [0.5, 0.6) is 0 Å². The van der Waals surface area contributed by atoms with Gasteiger partial charge in [0.1, 0.15) is 0 Å². The molecule has 1 heterocycles. The minimum absolute atomic E-state index is 0.0450. The van der Waals surface area contributed by atoms with Gasteiger partial charge in [-0.2, -0.15) is 0 Å². The van der Waals surface area contributed by atoms with Gasteiger partial charge in [-0.25, -0.2) is 0 Å². The van der Waals surface area contributed by atoms with Crippen LogP contribution in [-0.2, 0) is 4.74 Å². The van der Waals surface area contributed by atoms with Crippen molar-refractivity contribution in [2.45, 2.75) is 58.5 Å². The smallest absolute Gasteiger partial charge is 0.0629 e. The van der Waals surface area contributed by atoms with Gasteiger partial charge in [0.15, 0.2) is 0 Å². The van der Waals surface area contributed by atoms with Crippen molar-refractivity contribution in [3.63, 3.8) is 0 Å². The minimum Gasteiger partial charge on any atom is -0.376 e. The van der Waals surface area contributed by atoms with Crippen molar-refractivity contribution in [3.05, 3.63) is 35.9 Å². The standard InChI is InChI=1S/C18H28O/c1-5-14(2)17(15-9-7-6-8-10-15)16-11-12-19-18(3,4)13-16/h6-10,14,16-17H,5,11-13H2,1-4H3. The van der Waals surface area contributed by atoms with Gasteiger partial charge in [0.2, 0.25) is 0 Å². The highest BCUT2D eigenvalue weighted by atomic mass is 16.5. The Morgan fingerprint density at radius 3 is 2.53 bits per heavy atom. The van der Waals surface area contributed by atoms with E-state index in [2.05, 4.69) is 58.0 Å². The first-order chi connectivity index (χ1) is 9.03. The second-order valence-corrected chi connectivity index (χ2v) is 6.68. The number of rotatable bonds is 4. The monoisotopic (exact) mass is 260 g/mol. The molecule has 3 atom stereocenters. The molecule has 0 aliphatic carbocycles. The highest BCUT2D eigenvalue weighted by molar-refractivity contribution is 5.21. The summed E-state index contributed by atoms with van der Waals surface area (Å²) >= 11 is 0. The summed E-state index contributed by atoms with van der Waals surface area (Å²) in [4.78, 5) is 0. The van der Waals surface area contributed by atoms with Crippen molar-refractivity contribution >= 4 is 0 Å². The van der Waals surface area contributed by atoms with E-state index in [-0.39, 0.29) is 5.60 Å². The molecule has 1 aliphatic rings. The summed E-state index contributed by atoms with van der Waals surface area (Å²) in [6.07, 6.45) is 3.63. The molecule has 1 fully saturated rings. The fourth-order valence-electron chi connectivity index (χ4n) is 3.58. The SMILES string of the molecule is CCC(C)C(c1ccccc1)C1CCOC(C)(C)C1. The van der Waals surface area contributed by atoms with Gasteiger partial charge < -0.3 is 4.74 Å². The number of benzene rings is 1. The van der Waals surface area contributed by atoms with Crippen LogP contribution in [0.25, 0.3) is 0 Å². The molecule has 106 valence electrons. The molecule has 0 N–H and O–H groups in total. The van der Waals surface area contributed by atoms with E-state index < -0.39 is 0 Å². The first kappa shape index (κ1) is 14.6. The maximum absolute atomic E-state index is 5.89. The lowest BCUT2D eigenvalue weighted by molar-refractivity contribution is -0.0796. The Balaban J connectivity index is 2.23. The zero-order valence-corrected chi connectivity index (χ0v) is 12.9. The summed E-state index contributed by atoms with van der Waals surface area (Å²) in [5, 5.41) is 0. The third-order valence-electron chi connectivity index (χ3n) is 4.68. The van der Waals surface area contributed by atoms with Crippen LogP contribution < -0.4 is 0 Å². The molecule has 1 aromatic rings. The Labute approximate surface area is 118 Å². The number of ether oxygens (including phenoxy) is 1. The fourth-order valence-corrected chi connectivity index (χ4v) is 3.58. The van der Waals surface area contributed by atoms with E-state index in [9.17, 15) is 0 Å². The molecule has 1 heteroatoms. The quantitative estimate of drug-likeness (QED) is 0.738. The Morgan fingerprint density at radius 1 is 1.26 bits per heavy atom. The van der Waals surface area contributed by atoms with Crippen LogP contribution in [0.2, 0.25) is 0 Å². The molecule has 0 radical (unpaired) electrons. The topological polar surface area (TPSA) is 9.23 Å². The summed E-state index contributed by atoms with van der Waals surface area (Å²) in [5.74, 6) is 2.16. The lowest BCUT2D eigenvalue weighted by Gasteiger charge is -2.41. The van der Waals surface area contributed by atoms with Gasteiger partial charge >= 0.3 is 0 Å². The Morgan fingerprint density at radius 2 is 1.95 bits per heavy atom. The maximum atomic E-state index is 5.89. The zero-order valence-electron chi connectivity index (χ0n) is 12.9. The highest BCUT2D eigenvalue weighted by Crippen LogP contribution is 2.42. The molecule has 1 saturated heterocycles. The molecule has 19 heavy (non-hydrogen) atoms. The van der Waals surface area contributed by atoms with Gasteiger partial charge in [-0.15, -0.1) is 0 Å². The summed E-state index contributed by atoms with van der Waals surface area (Å²) in [5.41, 5.74) is 1.56. The van der Waals surface area contributed by atoms with Gasteiger partial charge in [-0.05, 0) is 50.0 Å². The Hall–Kier alpha value is -0.820. The average Bonchev–Trinajstić information content (AvgIpc) is 2.39. The van der Waals surface area contributed by atoms with Crippen LogP contribution in [0.4, 0.5) is 0 Å². The van der Waals surface area contributed by atoms with Crippen LogP contribution in [0, 0.1) is 11.8 Å². The maximum Gasteiger partial charge on any atom is 0.0629 e. The van der Waals surface area contributed by atoms with Gasteiger partial charge in [0.25, 0.3) is 0 Å². The van der Waals surface area contributed by atoms with E-state index in [0.29, 0.717) is 5.92 Å². The van der Waals surface area contributed by atoms with Gasteiger partial charge in [0, 0.05) is 6.61 Å². The lowest BCUT2D eigenvalue weighted by Crippen LogP contribution is -2.37. The van der Waals surface area contributed by atoms with Gasteiger partial charge in [-0.1, -0.05) is 50.6 Å². The predicted molar refractivity (Wildman–Crippen MR) is 81.4 cm³/mol. The Bertz CT molecular complexity index is 382. The van der Waals surface area contributed by atoms with Crippen molar-refractivity contribution in [2.75, 3.05) is 6.61 Å². The van der Waals surface area contributed by atoms with E-state index in [4.69, 9.17) is 4.74 Å². The lowest BCUT2D eigenvalue weighted by atomic mass is 9.71. The molecule has 0 aromatic heterocycles. The van der Waals surface area contributed by atoms with Crippen LogP contribution in [-0.4, -0.2) is 12.2 Å². The summed E-state index contributed by atoms with van der Waals surface area (Å²) < 4.78 is 5.89. The summed E-state index contributed by atoms with van der Waals surface area (Å²) in [6.45, 7) is 10.1. The zero-order chi connectivity index (χ0) is 13.9. The van der Waals surface area contributed by atoms with Gasteiger partial charge in [0.05, 0.1) is 5.60 Å². The van der Waals surface area contributed by atoms with E-state index in [1.807, 2.05) is 0 Å². The van der Waals surface area contributed by atoms with Crippen LogP contribution in [0.1, 0.15) is 58.4 Å². The first-order valence-electron chi connectivity index (χ1n) is 7.72. The Kier molecular flexibility index (Phi) is 4.67. The number of hydrogen-bond acceptors (Lipinski definition) is 1. The van der Waals surface area contributed by atoms with Crippen molar-refractivity contribution in [1.82, 2.24) is 0 Å². The predicted octanol–water partition coefficient (Wildman–Crippen LogP) is 5.02. The largest absolute Gasteiger partial charge is 0.376 e. The van der Waals surface area contributed by atoms with Crippen molar-refractivity contribution in [2.24, 2.45) is 11.8 Å². The van der Waals surface area contributed by atoms with Crippen LogP contribution in [0.15, 0.2) is 30.3 Å². The van der Waals surface area contributed by atoms with Crippen molar-refractivity contribution < 1.29 is 4.74 Å². The van der Waals surface area contributed by atoms with E-state index in [0.717, 1.165) is 18.4 Å². The van der Waals surface area contributed by atoms with Crippen LogP contribution in [0.3, 0.4) is 0 Å². The fraction of sp³-hybridized carbons (Fsp3) is 0.667. The molecular formula is C18H28O. The third kappa shape index (κ3) is 3.60. The molecule has 2 rings (SSSR count). The van der Waals surface area contributed by atoms with Gasteiger partial charge in [-0.3, -0.25) is 0 Å². The second-order valence-electron chi connectivity index (χ2n) is 6.68. The van der Waals surface area contributed by atoms with Crippen LogP contribution >= 0.6 is 0 Å².